The summed E-state index contributed by atoms with van der Waals surface area (Å²) in [4.78, 5) is 30.4. The van der Waals surface area contributed by atoms with Gasteiger partial charge < -0.3 is 19.9 Å². The van der Waals surface area contributed by atoms with Crippen molar-refractivity contribution in [1.82, 2.24) is 9.88 Å². The Morgan fingerprint density at radius 2 is 1.79 bits per heavy atom. The highest BCUT2D eigenvalue weighted by molar-refractivity contribution is 5.89. The van der Waals surface area contributed by atoms with Gasteiger partial charge in [0.1, 0.15) is 11.6 Å². The molecule has 0 spiro atoms. The molecule has 34 heavy (non-hydrogen) atoms. The molecule has 4 aromatic rings. The number of hydrogen-bond donors (Lipinski definition) is 2. The van der Waals surface area contributed by atoms with Crippen LogP contribution in [0.5, 0.6) is 5.75 Å². The highest BCUT2D eigenvalue weighted by Gasteiger charge is 2.17. The largest absolute Gasteiger partial charge is 0.497 e. The van der Waals surface area contributed by atoms with Gasteiger partial charge in [-0.15, -0.1) is 0 Å². The molecule has 1 heterocycles. The van der Waals surface area contributed by atoms with Gasteiger partial charge in [0.25, 0.3) is 5.56 Å². The number of pyridine rings is 1. The quantitative estimate of drug-likeness (QED) is 0.396. The predicted octanol–water partition coefficient (Wildman–Crippen LogP) is 5.26. The standard InChI is InChI=1S/C27H26FN3O3/c1-18-5-3-4-6-19(18)13-14-31(27(33)29-23-9-7-22(28)8-10-23)17-21-15-20-16-24(34-2)11-12-25(20)30-26(21)32/h3-12,15-16H,13-14,17H2,1-2H3,(H,29,33)(H,30,32). The lowest BCUT2D eigenvalue weighted by Crippen LogP contribution is -2.37. The van der Waals surface area contributed by atoms with Crippen molar-refractivity contribution < 1.29 is 13.9 Å². The maximum Gasteiger partial charge on any atom is 0.322 e. The molecule has 3 aromatic carbocycles. The van der Waals surface area contributed by atoms with E-state index in [1.165, 1.54) is 24.3 Å². The SMILES string of the molecule is COc1ccc2[nH]c(=O)c(CN(CCc3ccccc3C)C(=O)Nc3ccc(F)cc3)cc2c1. The van der Waals surface area contributed by atoms with Gasteiger partial charge in [-0.25, -0.2) is 9.18 Å². The van der Waals surface area contributed by atoms with Gasteiger partial charge >= 0.3 is 6.03 Å². The van der Waals surface area contributed by atoms with Crippen LogP contribution in [-0.2, 0) is 13.0 Å². The number of nitrogens with zero attached hydrogens (tertiary/aromatic N) is 1. The second kappa shape index (κ2) is 10.2. The normalized spacial score (nSPS) is 10.8. The van der Waals surface area contributed by atoms with Crippen LogP contribution in [0.25, 0.3) is 10.9 Å². The number of aryl methyl sites for hydroxylation is 1. The van der Waals surface area contributed by atoms with Gasteiger partial charge in [-0.05, 0) is 73.0 Å². The van der Waals surface area contributed by atoms with Gasteiger partial charge in [-0.1, -0.05) is 24.3 Å². The lowest BCUT2D eigenvalue weighted by Gasteiger charge is -2.23. The van der Waals surface area contributed by atoms with Crippen LogP contribution in [0, 0.1) is 12.7 Å². The molecule has 0 aliphatic rings. The van der Waals surface area contributed by atoms with Crippen molar-refractivity contribution in [3.05, 3.63) is 106 Å². The van der Waals surface area contributed by atoms with Gasteiger partial charge in [0.05, 0.1) is 13.7 Å². The number of carbonyl (C=O) groups excluding carboxylic acids is 1. The van der Waals surface area contributed by atoms with Crippen molar-refractivity contribution >= 4 is 22.6 Å². The number of ether oxygens (including phenoxy) is 1. The number of urea groups is 1. The fourth-order valence-corrected chi connectivity index (χ4v) is 3.81. The Hall–Kier alpha value is -4.13. The summed E-state index contributed by atoms with van der Waals surface area (Å²) in [5, 5.41) is 3.62. The second-order valence-corrected chi connectivity index (χ2v) is 8.11. The monoisotopic (exact) mass is 459 g/mol. The van der Waals surface area contributed by atoms with E-state index in [9.17, 15) is 14.0 Å². The van der Waals surface area contributed by atoms with Crippen molar-refractivity contribution in [3.8, 4) is 5.75 Å². The zero-order valence-corrected chi connectivity index (χ0v) is 19.1. The Labute approximate surface area is 197 Å². The Kier molecular flexibility index (Phi) is 6.92. The minimum atomic E-state index is -0.382. The van der Waals surface area contributed by atoms with Gasteiger partial charge in [0.2, 0.25) is 0 Å². The van der Waals surface area contributed by atoms with Gasteiger partial charge in [0.15, 0.2) is 0 Å². The Balaban J connectivity index is 1.61. The molecule has 0 bridgehead atoms. The predicted molar refractivity (Wildman–Crippen MR) is 132 cm³/mol. The van der Waals surface area contributed by atoms with Crippen LogP contribution in [-0.4, -0.2) is 29.6 Å². The third-order valence-corrected chi connectivity index (χ3v) is 5.78. The smallest absolute Gasteiger partial charge is 0.322 e. The van der Waals surface area contributed by atoms with Crippen LogP contribution in [0.2, 0.25) is 0 Å². The Morgan fingerprint density at radius 3 is 2.53 bits per heavy atom. The molecule has 1 aromatic heterocycles. The molecule has 2 N–H and O–H groups in total. The number of H-pyrrole nitrogens is 1. The van der Waals surface area contributed by atoms with Crippen LogP contribution >= 0.6 is 0 Å². The molecule has 0 unspecified atom stereocenters. The first kappa shape index (κ1) is 23.0. The lowest BCUT2D eigenvalue weighted by atomic mass is 10.1. The number of aromatic nitrogens is 1. The molecule has 6 nitrogen and oxygen atoms in total. The first-order valence-electron chi connectivity index (χ1n) is 11.0. The summed E-state index contributed by atoms with van der Waals surface area (Å²) in [6, 6.07) is 20.4. The number of halogens is 1. The summed E-state index contributed by atoms with van der Waals surface area (Å²) in [6.07, 6.45) is 0.628. The fraction of sp³-hybridized carbons (Fsp3) is 0.185. The van der Waals surface area contributed by atoms with E-state index in [-0.39, 0.29) is 24.0 Å². The molecule has 0 fully saturated rings. The van der Waals surface area contributed by atoms with E-state index < -0.39 is 0 Å². The topological polar surface area (TPSA) is 74.4 Å². The third-order valence-electron chi connectivity index (χ3n) is 5.78. The molecule has 0 saturated carbocycles. The number of rotatable bonds is 7. The maximum absolute atomic E-state index is 13.3. The zero-order chi connectivity index (χ0) is 24.1. The minimum absolute atomic E-state index is 0.112. The van der Waals surface area contributed by atoms with Crippen LogP contribution in [0.3, 0.4) is 0 Å². The van der Waals surface area contributed by atoms with Gasteiger partial charge in [-0.2, -0.15) is 0 Å². The molecule has 4 rings (SSSR count). The number of benzene rings is 3. The van der Waals surface area contributed by atoms with Crippen molar-refractivity contribution in [2.75, 3.05) is 19.0 Å². The summed E-state index contributed by atoms with van der Waals surface area (Å²) < 4.78 is 18.6. The number of nitrogens with one attached hydrogen (secondary N) is 2. The average molecular weight is 460 g/mol. The van der Waals surface area contributed by atoms with Crippen LogP contribution in [0.15, 0.2) is 77.6 Å². The minimum Gasteiger partial charge on any atom is -0.497 e. The molecule has 0 radical (unpaired) electrons. The second-order valence-electron chi connectivity index (χ2n) is 8.11. The number of carbonyl (C=O) groups is 1. The molecule has 0 saturated heterocycles. The third kappa shape index (κ3) is 5.43. The number of amides is 2. The van der Waals surface area contributed by atoms with E-state index in [1.807, 2.05) is 37.3 Å². The van der Waals surface area contributed by atoms with Crippen molar-refractivity contribution in [2.45, 2.75) is 19.9 Å². The van der Waals surface area contributed by atoms with Gasteiger partial charge in [-0.3, -0.25) is 4.79 Å². The Bertz CT molecular complexity index is 1370. The van der Waals surface area contributed by atoms with E-state index in [2.05, 4.69) is 10.3 Å². The van der Waals surface area contributed by atoms with Crippen LogP contribution in [0.1, 0.15) is 16.7 Å². The summed E-state index contributed by atoms with van der Waals surface area (Å²) in [6.45, 7) is 2.54. The fourth-order valence-electron chi connectivity index (χ4n) is 3.81. The van der Waals surface area contributed by atoms with E-state index in [1.54, 1.807) is 30.2 Å². The maximum atomic E-state index is 13.3. The van der Waals surface area contributed by atoms with Crippen LogP contribution < -0.4 is 15.6 Å². The molecule has 174 valence electrons. The molecular weight excluding hydrogens is 433 g/mol. The number of anilines is 1. The summed E-state index contributed by atoms with van der Waals surface area (Å²) in [7, 11) is 1.58. The molecule has 0 atom stereocenters. The molecule has 7 heteroatoms. The first-order valence-corrected chi connectivity index (χ1v) is 11.0. The average Bonchev–Trinajstić information content (AvgIpc) is 2.84. The van der Waals surface area contributed by atoms with Crippen molar-refractivity contribution in [1.29, 1.82) is 0 Å². The summed E-state index contributed by atoms with van der Waals surface area (Å²) >= 11 is 0. The van der Waals surface area contributed by atoms with Gasteiger partial charge in [0, 0.05) is 28.7 Å². The number of aromatic amines is 1. The molecule has 0 aliphatic heterocycles. The lowest BCUT2D eigenvalue weighted by molar-refractivity contribution is 0.209. The summed E-state index contributed by atoms with van der Waals surface area (Å²) in [5.41, 5.74) is 3.63. The van der Waals surface area contributed by atoms with Crippen molar-refractivity contribution in [2.24, 2.45) is 0 Å². The molecular formula is C27H26FN3O3. The summed E-state index contributed by atoms with van der Waals surface area (Å²) in [5.74, 6) is 0.295. The highest BCUT2D eigenvalue weighted by atomic mass is 19.1. The van der Waals surface area contributed by atoms with Crippen LogP contribution in [0.4, 0.5) is 14.9 Å². The van der Waals surface area contributed by atoms with Crippen molar-refractivity contribution in [3.63, 3.8) is 0 Å². The van der Waals surface area contributed by atoms with E-state index >= 15 is 0 Å². The Morgan fingerprint density at radius 1 is 1.03 bits per heavy atom. The number of hydrogen-bond acceptors (Lipinski definition) is 3. The van der Waals surface area contributed by atoms with E-state index in [4.69, 9.17) is 4.74 Å². The number of fused-ring (bicyclic) bond motifs is 1. The highest BCUT2D eigenvalue weighted by Crippen LogP contribution is 2.20. The zero-order valence-electron chi connectivity index (χ0n) is 19.1. The molecule has 2 amide bonds. The first-order chi connectivity index (χ1) is 16.4. The van der Waals surface area contributed by atoms with E-state index in [0.29, 0.717) is 35.5 Å². The molecule has 0 aliphatic carbocycles. The van der Waals surface area contributed by atoms with E-state index in [0.717, 1.165) is 16.5 Å². The number of methoxy groups -OCH3 is 1.